The largest absolute Gasteiger partial charge is 0.570 e. The fourth-order valence-corrected chi connectivity index (χ4v) is 2.13. The van der Waals surface area contributed by atoms with Crippen LogP contribution in [0.1, 0.15) is 20.8 Å². The number of benzene rings is 1. The van der Waals surface area contributed by atoms with E-state index in [0.717, 1.165) is 9.86 Å². The topological polar surface area (TPSA) is 60.7 Å². The molecule has 7 heteroatoms. The van der Waals surface area contributed by atoms with E-state index in [1.807, 2.05) is 12.1 Å². The van der Waals surface area contributed by atoms with Crippen molar-refractivity contribution in [3.63, 3.8) is 0 Å². The zero-order valence-electron chi connectivity index (χ0n) is 11.4. The summed E-state index contributed by atoms with van der Waals surface area (Å²) in [6.07, 6.45) is -0.567. The number of rotatable bonds is 2. The van der Waals surface area contributed by atoms with Crippen molar-refractivity contribution in [2.45, 2.75) is 26.4 Å². The first-order chi connectivity index (χ1) is 9.31. The lowest BCUT2D eigenvalue weighted by Crippen LogP contribution is -2.27. The van der Waals surface area contributed by atoms with E-state index in [-0.39, 0.29) is 5.88 Å². The van der Waals surface area contributed by atoms with Gasteiger partial charge in [-0.25, -0.2) is 9.36 Å². The van der Waals surface area contributed by atoms with E-state index in [0.29, 0.717) is 13.2 Å². The van der Waals surface area contributed by atoms with Crippen molar-refractivity contribution >= 4 is 40.6 Å². The molecule has 1 heterocycles. The summed E-state index contributed by atoms with van der Waals surface area (Å²) in [5.41, 5.74) is 0.00496. The Morgan fingerprint density at radius 2 is 2.05 bits per heavy atom. The van der Waals surface area contributed by atoms with E-state index >= 15 is 0 Å². The molecule has 1 aromatic carbocycles. The minimum absolute atomic E-state index is 0.190. The molecule has 0 unspecified atom stereocenters. The third-order valence-electron chi connectivity index (χ3n) is 2.48. The first kappa shape index (κ1) is 14.9. The Morgan fingerprint density at radius 3 is 2.65 bits per heavy atom. The SMILES string of the molecule is CC(C)(C)OC(=O)n1c(O[B]O)cc2ccc(Br)cc21. The second-order valence-corrected chi connectivity index (χ2v) is 6.14. The lowest BCUT2D eigenvalue weighted by molar-refractivity contribution is 0.0537. The summed E-state index contributed by atoms with van der Waals surface area (Å²) in [6.45, 7) is 5.35. The Kier molecular flexibility index (Phi) is 4.10. The number of nitrogens with zero attached hydrogens (tertiary/aromatic N) is 1. The van der Waals surface area contributed by atoms with Crippen LogP contribution in [0.25, 0.3) is 10.9 Å². The molecule has 0 atom stereocenters. The monoisotopic (exact) mass is 338 g/mol. The summed E-state index contributed by atoms with van der Waals surface area (Å²) in [4.78, 5) is 12.3. The van der Waals surface area contributed by atoms with Crippen molar-refractivity contribution in [2.75, 3.05) is 0 Å². The first-order valence-electron chi connectivity index (χ1n) is 5.99. The van der Waals surface area contributed by atoms with Crippen molar-refractivity contribution in [3.05, 3.63) is 28.7 Å². The van der Waals surface area contributed by atoms with E-state index in [1.54, 1.807) is 32.9 Å². The van der Waals surface area contributed by atoms with Gasteiger partial charge in [0.05, 0.1) is 5.52 Å². The van der Waals surface area contributed by atoms with Crippen LogP contribution in [0.2, 0.25) is 0 Å². The summed E-state index contributed by atoms with van der Waals surface area (Å²) in [7, 11) is 0.532. The number of halogens is 1. The molecule has 0 fully saturated rings. The van der Waals surface area contributed by atoms with E-state index in [1.165, 1.54) is 4.57 Å². The molecule has 0 aliphatic rings. The predicted molar refractivity (Wildman–Crippen MR) is 79.9 cm³/mol. The molecule has 0 spiro atoms. The van der Waals surface area contributed by atoms with Gasteiger partial charge in [-0.05, 0) is 32.9 Å². The molecule has 2 rings (SSSR count). The van der Waals surface area contributed by atoms with Crippen LogP contribution in [0.3, 0.4) is 0 Å². The molecule has 0 saturated carbocycles. The lowest BCUT2D eigenvalue weighted by Gasteiger charge is -2.20. The van der Waals surface area contributed by atoms with Gasteiger partial charge in [-0.1, -0.05) is 22.0 Å². The van der Waals surface area contributed by atoms with Crippen molar-refractivity contribution in [2.24, 2.45) is 0 Å². The number of hydrogen-bond donors (Lipinski definition) is 1. The van der Waals surface area contributed by atoms with Gasteiger partial charge in [-0.15, -0.1) is 0 Å². The highest BCUT2D eigenvalue weighted by Crippen LogP contribution is 2.29. The molecule has 1 aromatic heterocycles. The fraction of sp³-hybridized carbons (Fsp3) is 0.308. The highest BCUT2D eigenvalue weighted by molar-refractivity contribution is 9.10. The van der Waals surface area contributed by atoms with Crippen LogP contribution < -0.4 is 4.65 Å². The van der Waals surface area contributed by atoms with Gasteiger partial charge in [0.1, 0.15) is 5.60 Å². The molecule has 0 bridgehead atoms. The van der Waals surface area contributed by atoms with E-state index in [4.69, 9.17) is 14.4 Å². The number of hydrogen-bond acceptors (Lipinski definition) is 4. The van der Waals surface area contributed by atoms with E-state index in [2.05, 4.69) is 15.9 Å². The first-order valence-corrected chi connectivity index (χ1v) is 6.78. The van der Waals surface area contributed by atoms with Crippen molar-refractivity contribution in [1.82, 2.24) is 4.57 Å². The molecular formula is C13H14BBrNO4. The Balaban J connectivity index is 2.55. The average Bonchev–Trinajstić information content (AvgIpc) is 2.64. The van der Waals surface area contributed by atoms with E-state index in [9.17, 15) is 4.79 Å². The molecule has 20 heavy (non-hydrogen) atoms. The van der Waals surface area contributed by atoms with Gasteiger partial charge in [-0.3, -0.25) is 0 Å². The summed E-state index contributed by atoms with van der Waals surface area (Å²) in [5.74, 6) is 0.190. The second-order valence-electron chi connectivity index (χ2n) is 5.22. The third-order valence-corrected chi connectivity index (χ3v) is 2.98. The molecular weight excluding hydrogens is 325 g/mol. The molecule has 2 aromatic rings. The number of ether oxygens (including phenoxy) is 1. The van der Waals surface area contributed by atoms with Gasteiger partial charge < -0.3 is 14.4 Å². The van der Waals surface area contributed by atoms with Crippen molar-refractivity contribution in [1.29, 1.82) is 0 Å². The summed E-state index contributed by atoms with van der Waals surface area (Å²) >= 11 is 3.36. The summed E-state index contributed by atoms with van der Waals surface area (Å²) in [6, 6.07) is 7.13. The number of fused-ring (bicyclic) bond motifs is 1. The minimum Gasteiger partial charge on any atom is -0.524 e. The summed E-state index contributed by atoms with van der Waals surface area (Å²) in [5, 5.41) is 9.62. The van der Waals surface area contributed by atoms with Crippen LogP contribution in [-0.2, 0) is 4.74 Å². The van der Waals surface area contributed by atoms with E-state index < -0.39 is 11.7 Å². The standard InChI is InChI=1S/C13H14BBrNO4/c1-13(2,3)19-12(17)16-10-7-9(15)5-4-8(10)6-11(16)20-14-18/h4-7,18H,1-3H3. The Bertz CT molecular complexity index is 648. The fourth-order valence-electron chi connectivity index (χ4n) is 1.79. The average molecular weight is 339 g/mol. The van der Waals surface area contributed by atoms with Crippen molar-refractivity contribution < 1.29 is 19.2 Å². The zero-order chi connectivity index (χ0) is 14.9. The van der Waals surface area contributed by atoms with Gasteiger partial charge in [-0.2, -0.15) is 0 Å². The van der Waals surface area contributed by atoms with Gasteiger partial charge >= 0.3 is 13.8 Å². The number of carbonyl (C=O) groups excluding carboxylic acids is 1. The molecule has 0 aliphatic carbocycles. The molecule has 5 nitrogen and oxygen atoms in total. The number of carbonyl (C=O) groups is 1. The second kappa shape index (κ2) is 5.50. The molecule has 0 aliphatic heterocycles. The maximum absolute atomic E-state index is 12.3. The normalized spacial score (nSPS) is 11.4. The van der Waals surface area contributed by atoms with Gasteiger partial charge in [0, 0.05) is 15.9 Å². The van der Waals surface area contributed by atoms with Crippen LogP contribution in [-0.4, -0.2) is 29.0 Å². The highest BCUT2D eigenvalue weighted by atomic mass is 79.9. The smallest absolute Gasteiger partial charge is 0.524 e. The Hall–Kier alpha value is -1.47. The quantitative estimate of drug-likeness (QED) is 0.855. The third kappa shape index (κ3) is 3.16. The summed E-state index contributed by atoms with van der Waals surface area (Å²) < 4.78 is 12.4. The number of aromatic nitrogens is 1. The van der Waals surface area contributed by atoms with Gasteiger partial charge in [0.25, 0.3) is 0 Å². The Labute approximate surface area is 125 Å². The van der Waals surface area contributed by atoms with Crippen LogP contribution in [0.4, 0.5) is 4.79 Å². The maximum atomic E-state index is 12.3. The van der Waals surface area contributed by atoms with Crippen LogP contribution in [0.15, 0.2) is 28.7 Å². The van der Waals surface area contributed by atoms with Gasteiger partial charge in [0.2, 0.25) is 0 Å². The minimum atomic E-state index is -0.625. The maximum Gasteiger partial charge on any atom is 0.570 e. The zero-order valence-corrected chi connectivity index (χ0v) is 13.0. The molecule has 1 N–H and O–H groups in total. The lowest BCUT2D eigenvalue weighted by atomic mass is 10.2. The van der Waals surface area contributed by atoms with Crippen LogP contribution in [0.5, 0.6) is 5.88 Å². The van der Waals surface area contributed by atoms with Crippen LogP contribution in [0, 0.1) is 0 Å². The highest BCUT2D eigenvalue weighted by Gasteiger charge is 2.23. The Morgan fingerprint density at radius 1 is 1.35 bits per heavy atom. The molecule has 105 valence electrons. The van der Waals surface area contributed by atoms with Crippen molar-refractivity contribution in [3.8, 4) is 5.88 Å². The van der Waals surface area contributed by atoms with Crippen LogP contribution >= 0.6 is 15.9 Å². The predicted octanol–water partition coefficient (Wildman–Crippen LogP) is 3.09. The van der Waals surface area contributed by atoms with Gasteiger partial charge in [0.15, 0.2) is 5.88 Å². The molecule has 1 radical (unpaired) electrons. The molecule has 0 saturated heterocycles. The molecule has 0 amide bonds.